The third-order valence-corrected chi connectivity index (χ3v) is 21.6. The van der Waals surface area contributed by atoms with Gasteiger partial charge in [0.05, 0.1) is 53.2 Å². The number of hydrogen-bond acceptors (Lipinski definition) is 4. The third-order valence-electron chi connectivity index (χ3n) is 21.6. The van der Waals surface area contributed by atoms with Gasteiger partial charge in [0.2, 0.25) is 22.8 Å². The van der Waals surface area contributed by atoms with Gasteiger partial charge in [-0.25, -0.2) is 65.6 Å². The number of rotatable bonds is 23. The second-order valence-electron chi connectivity index (χ2n) is 29.5. The molecular weight excluding hydrogens is 1380 g/mol. The number of allylic oxidation sites excluding steroid dienone is 18. The summed E-state index contributed by atoms with van der Waals surface area (Å²) in [5.41, 5.74) is 25.2. The maximum absolute atomic E-state index is 5.72. The predicted octanol–water partition coefficient (Wildman–Crippen LogP) is 7.61. The lowest BCUT2D eigenvalue weighted by molar-refractivity contribution is -0.727. The Balaban J connectivity index is 0.700. The second kappa shape index (κ2) is 32.7. The normalized spacial score (nSPS) is 15.5. The fraction of sp³-hybridized carbons (Fsp3) is 0.167. The summed E-state index contributed by atoms with van der Waals surface area (Å²) in [5.74, 6) is 0. The van der Waals surface area contributed by atoms with Gasteiger partial charge in [-0.05, 0) is 98.7 Å². The highest BCUT2D eigenvalue weighted by Crippen LogP contribution is 2.35. The molecule has 0 unspecified atom stereocenters. The first-order valence-corrected chi connectivity index (χ1v) is 39.0. The number of fused-ring (bicyclic) bond motifs is 4. The number of aromatic nitrogens is 10. The summed E-state index contributed by atoms with van der Waals surface area (Å²) in [6.45, 7) is 7.03. The van der Waals surface area contributed by atoms with Crippen molar-refractivity contribution in [2.24, 2.45) is 31.1 Å². The molecule has 0 atom stereocenters. The summed E-state index contributed by atoms with van der Waals surface area (Å²) in [6, 6.07) is 44.2. The smallest absolute Gasteiger partial charge is 0.218 e. The molecule has 10 aromatic heterocycles. The van der Waals surface area contributed by atoms with Crippen LogP contribution in [0, 0.1) is 0 Å². The van der Waals surface area contributed by atoms with E-state index in [4.69, 9.17) is 9.98 Å². The molecule has 0 aliphatic carbocycles. The maximum atomic E-state index is 5.72. The second-order valence-corrected chi connectivity index (χ2v) is 29.5. The van der Waals surface area contributed by atoms with Crippen LogP contribution in [-0.4, -0.2) is 46.2 Å². The van der Waals surface area contributed by atoms with E-state index in [0.29, 0.717) is 0 Å². The van der Waals surface area contributed by atoms with Crippen LogP contribution in [-0.2, 0) is 67.0 Å². The Morgan fingerprint density at radius 3 is 0.920 bits per heavy atom. The number of nitrogens with zero attached hydrogens (tertiary/aromatic N) is 14. The fourth-order valence-corrected chi connectivity index (χ4v) is 15.2. The van der Waals surface area contributed by atoms with Crippen molar-refractivity contribution in [2.75, 3.05) is 13.6 Å². The molecule has 7 aliphatic heterocycles. The van der Waals surface area contributed by atoms with Crippen LogP contribution in [0.3, 0.4) is 0 Å². The van der Waals surface area contributed by atoms with Gasteiger partial charge in [0.25, 0.3) is 0 Å². The molecule has 0 fully saturated rings. The van der Waals surface area contributed by atoms with Crippen molar-refractivity contribution in [1.82, 2.24) is 9.80 Å². The van der Waals surface area contributed by atoms with Gasteiger partial charge in [-0.1, -0.05) is 0 Å². The molecule has 112 heavy (non-hydrogen) atoms. The van der Waals surface area contributed by atoms with E-state index in [1.54, 1.807) is 0 Å². The first-order chi connectivity index (χ1) is 55.0. The molecule has 0 saturated heterocycles. The molecule has 0 aromatic carbocycles. The molecule has 546 valence electrons. The molecule has 10 aromatic rings. The Morgan fingerprint density at radius 1 is 0.268 bits per heavy atom. The van der Waals surface area contributed by atoms with E-state index in [2.05, 4.69) is 408 Å². The predicted molar refractivity (Wildman–Crippen MR) is 434 cm³/mol. The Bertz CT molecular complexity index is 5630. The van der Waals surface area contributed by atoms with Gasteiger partial charge in [0.15, 0.2) is 163 Å². The molecule has 7 aliphatic rings. The highest BCUT2D eigenvalue weighted by molar-refractivity contribution is 6.37. The summed E-state index contributed by atoms with van der Waals surface area (Å²) < 4.78 is 22.2. The van der Waals surface area contributed by atoms with Gasteiger partial charge in [-0.3, -0.25) is 0 Å². The Hall–Kier alpha value is -13.6. The molecule has 16 heteroatoms. The lowest BCUT2D eigenvalue weighted by atomic mass is 9.99. The standard InChI is InChI=1S/C96H92N16/c1-101-49-17-73(18-50-101)77-25-57-105(58-26-77)41-5-45-109-65-33-81(34-66-109)93-85-9-11-87(97-85)94(82-35-67-110(68-36-82)46-6-42-106-59-27-78(28-60-106)74-19-51-102(2)52-20-74)89-13-15-91(99-89)96(84-39-71-112(72-40-84)48-8-44-108-63-31-80(32-64-108)76-23-55-104(4)56-24-76)92-16-14-90(100-92)95(88-12-10-86(93)98-88)83-37-69-111(70-38-83)47-7-43-107-61-29-79(30-62-107)75-21-53-103(3)54-22-75/h9-40,49-72H,5-8,41-48H2,1-4H3/q+10/p+2. The Labute approximate surface area is 655 Å². The summed E-state index contributed by atoms with van der Waals surface area (Å²) >= 11 is 0. The molecule has 0 amide bonds. The van der Waals surface area contributed by atoms with E-state index in [1.807, 2.05) is 28.2 Å². The molecule has 0 saturated carbocycles. The molecule has 0 spiro atoms. The van der Waals surface area contributed by atoms with E-state index < -0.39 is 0 Å². The van der Waals surface area contributed by atoms with Gasteiger partial charge in [0.1, 0.15) is 33.3 Å². The van der Waals surface area contributed by atoms with E-state index in [0.717, 1.165) is 168 Å². The number of hydrogen-bond donors (Lipinski definition) is 2. The number of nitrogens with one attached hydrogen (secondary N) is 2. The summed E-state index contributed by atoms with van der Waals surface area (Å²) in [5, 5.41) is 0. The van der Waals surface area contributed by atoms with Gasteiger partial charge in [-0.2, -0.15) is 0 Å². The minimum absolute atomic E-state index is 0.843. The van der Waals surface area contributed by atoms with Gasteiger partial charge in [0, 0.05) is 213 Å². The molecule has 2 N–H and O–H groups in total. The maximum Gasteiger partial charge on any atom is 0.218 e. The molecule has 16 nitrogen and oxygen atoms in total. The third kappa shape index (κ3) is 16.5. The van der Waals surface area contributed by atoms with Crippen molar-refractivity contribution in [1.29, 1.82) is 0 Å². The molecular formula is C96H94N16+12. The van der Waals surface area contributed by atoms with Crippen LogP contribution in [0.25, 0.3) is 55.7 Å². The average Bonchev–Trinajstić information content (AvgIpc) is 1.61. The average molecular weight is 1470 g/mol. The van der Waals surface area contributed by atoms with Crippen molar-refractivity contribution in [2.45, 2.75) is 71.5 Å². The van der Waals surface area contributed by atoms with Crippen molar-refractivity contribution in [3.8, 4) is 33.4 Å². The zero-order chi connectivity index (χ0) is 75.7. The highest BCUT2D eigenvalue weighted by Gasteiger charge is 2.34. The Morgan fingerprint density at radius 2 is 0.545 bits per heavy atom. The summed E-state index contributed by atoms with van der Waals surface area (Å²) in [4.78, 5) is 23.9. The van der Waals surface area contributed by atoms with E-state index in [-0.39, 0.29) is 0 Å². The lowest BCUT2D eigenvalue weighted by Gasteiger charge is -2.20. The number of aryl methyl sites for hydroxylation is 10. The van der Waals surface area contributed by atoms with Gasteiger partial charge < -0.3 is 9.80 Å². The lowest BCUT2D eigenvalue weighted by Crippen LogP contribution is -2.71. The quantitative estimate of drug-likeness (QED) is 0.0646. The number of pyridine rings is 10. The zero-order valence-corrected chi connectivity index (χ0v) is 64.1. The van der Waals surface area contributed by atoms with Crippen LogP contribution in [0.2, 0.25) is 0 Å². The van der Waals surface area contributed by atoms with E-state index in [1.165, 1.54) is 44.5 Å². The van der Waals surface area contributed by atoms with E-state index >= 15 is 0 Å². The molecule has 17 heterocycles. The zero-order valence-electron chi connectivity index (χ0n) is 64.1. The monoisotopic (exact) mass is 1470 g/mol. The Kier molecular flexibility index (Phi) is 20.8. The largest absolute Gasteiger partial charge is 0.357 e. The van der Waals surface area contributed by atoms with Crippen LogP contribution >= 0.6 is 0 Å². The summed E-state index contributed by atoms with van der Waals surface area (Å²) in [7, 11) is 8.19. The first kappa shape index (κ1) is 71.3. The molecule has 17 rings (SSSR count). The van der Waals surface area contributed by atoms with Crippen molar-refractivity contribution in [3.63, 3.8) is 0 Å². The summed E-state index contributed by atoms with van der Waals surface area (Å²) in [6.07, 6.45) is 82.3. The van der Waals surface area contributed by atoms with Crippen molar-refractivity contribution >= 4 is 45.1 Å². The minimum Gasteiger partial charge on any atom is -0.357 e. The van der Waals surface area contributed by atoms with Gasteiger partial charge in [-0.15, -0.1) is 0 Å². The van der Waals surface area contributed by atoms with Crippen molar-refractivity contribution < 1.29 is 55.7 Å². The van der Waals surface area contributed by atoms with E-state index in [9.17, 15) is 0 Å². The topological polar surface area (TPSA) is 97.9 Å². The van der Waals surface area contributed by atoms with Crippen LogP contribution in [0.4, 0.5) is 0 Å². The fourth-order valence-electron chi connectivity index (χ4n) is 15.2. The van der Waals surface area contributed by atoms with Gasteiger partial charge >= 0.3 is 0 Å². The SMILES string of the molecule is CN1C=CC(=C2C=CN(CCC[n+]3ccc(C4=C5C=CC(=N5)C(c5cc[n+](CCC[n+]6ccc(-c7cc[n+](C)cc7)cc6)cc5)=C5C=CC(=[NH+]5)C(c5cc[n+](CCC[n+]6ccc(-c7cc[n+](C)cc7)cc6)cc5)=C5C=CC(=[NH+]5)C(c5cc[n+](CCC[n+]6ccc(-c7cc[n+](C)cc7)cc6)cc5)=C5C=CC4=N5)cc3)C=C2)C=C1. The van der Waals surface area contributed by atoms with Crippen LogP contribution < -0.4 is 55.7 Å². The minimum atomic E-state index is 0.843. The van der Waals surface area contributed by atoms with Crippen LogP contribution in [0.15, 0.2) is 387 Å². The molecule has 0 radical (unpaired) electrons. The first-order valence-electron chi connectivity index (χ1n) is 39.0. The van der Waals surface area contributed by atoms with Crippen LogP contribution in [0.1, 0.15) is 47.9 Å². The highest BCUT2D eigenvalue weighted by atomic mass is 15.1. The number of aliphatic imine (C=N–C) groups is 2. The van der Waals surface area contributed by atoms with Crippen molar-refractivity contribution in [3.05, 3.63) is 399 Å². The van der Waals surface area contributed by atoms with Crippen LogP contribution in [0.5, 0.6) is 0 Å². The molecule has 8 bridgehead atoms.